The maximum absolute atomic E-state index is 12.7. The van der Waals surface area contributed by atoms with E-state index < -0.39 is 15.9 Å². The van der Waals surface area contributed by atoms with Gasteiger partial charge in [0.1, 0.15) is 18.1 Å². The lowest BCUT2D eigenvalue weighted by Gasteiger charge is -2.09. The van der Waals surface area contributed by atoms with Gasteiger partial charge in [-0.15, -0.1) is 0 Å². The van der Waals surface area contributed by atoms with Crippen LogP contribution in [0.3, 0.4) is 0 Å². The zero-order valence-electron chi connectivity index (χ0n) is 18.8. The summed E-state index contributed by atoms with van der Waals surface area (Å²) in [5.41, 5.74) is 1.68. The van der Waals surface area contributed by atoms with E-state index in [2.05, 4.69) is 20.0 Å². The Morgan fingerprint density at radius 1 is 1.00 bits per heavy atom. The van der Waals surface area contributed by atoms with Gasteiger partial charge >= 0.3 is 0 Å². The monoisotopic (exact) mass is 512 g/mol. The molecule has 0 bridgehead atoms. The van der Waals surface area contributed by atoms with Crippen molar-refractivity contribution >= 4 is 39.2 Å². The zero-order chi connectivity index (χ0) is 25.0. The molecule has 11 heteroatoms. The molecule has 0 unspecified atom stereocenters. The first kappa shape index (κ1) is 24.2. The third-order valence-electron chi connectivity index (χ3n) is 4.69. The van der Waals surface area contributed by atoms with Gasteiger partial charge in [-0.05, 0) is 74.5 Å². The molecule has 180 valence electrons. The van der Waals surface area contributed by atoms with E-state index in [1.165, 1.54) is 30.3 Å². The van der Waals surface area contributed by atoms with Gasteiger partial charge in [0, 0.05) is 22.1 Å². The second-order valence-corrected chi connectivity index (χ2v) is 9.69. The molecule has 9 nitrogen and oxygen atoms in total. The fourth-order valence-corrected chi connectivity index (χ4v) is 4.27. The maximum Gasteiger partial charge on any atom is 0.291 e. The molecule has 1 amide bonds. The van der Waals surface area contributed by atoms with E-state index in [4.69, 9.17) is 20.8 Å². The van der Waals surface area contributed by atoms with Crippen molar-refractivity contribution in [3.63, 3.8) is 0 Å². The van der Waals surface area contributed by atoms with E-state index in [0.717, 1.165) is 0 Å². The summed E-state index contributed by atoms with van der Waals surface area (Å²) in [6.07, 6.45) is 0. The summed E-state index contributed by atoms with van der Waals surface area (Å²) in [6.45, 7) is 3.62. The Bertz CT molecular complexity index is 1450. The number of nitrogens with one attached hydrogen (secondary N) is 2. The van der Waals surface area contributed by atoms with Crippen LogP contribution in [0.25, 0.3) is 0 Å². The zero-order valence-corrected chi connectivity index (χ0v) is 20.4. The smallest absolute Gasteiger partial charge is 0.291 e. The lowest BCUT2D eigenvalue weighted by Crippen LogP contribution is -2.16. The summed E-state index contributed by atoms with van der Waals surface area (Å²) >= 11 is 5.93. The number of halogens is 1. The van der Waals surface area contributed by atoms with Crippen LogP contribution in [0.2, 0.25) is 5.02 Å². The molecule has 0 fully saturated rings. The number of anilines is 2. The van der Waals surface area contributed by atoms with Crippen LogP contribution in [0, 0.1) is 13.8 Å². The highest BCUT2D eigenvalue weighted by Gasteiger charge is 2.17. The number of aryl methyl sites for hydroxylation is 2. The lowest BCUT2D eigenvalue weighted by atomic mass is 10.3. The van der Waals surface area contributed by atoms with E-state index in [0.29, 0.717) is 33.6 Å². The largest absolute Gasteiger partial charge is 0.486 e. The van der Waals surface area contributed by atoms with Crippen LogP contribution in [-0.4, -0.2) is 24.3 Å². The molecule has 4 aromatic rings. The average molecular weight is 513 g/mol. The van der Waals surface area contributed by atoms with Crippen molar-refractivity contribution in [3.05, 3.63) is 94.7 Å². The van der Waals surface area contributed by atoms with Crippen molar-refractivity contribution in [2.75, 3.05) is 10.0 Å². The van der Waals surface area contributed by atoms with Crippen LogP contribution in [-0.2, 0) is 16.6 Å². The Morgan fingerprint density at radius 2 is 1.71 bits per heavy atom. The number of benzene rings is 2. The molecular formula is C24H21ClN4O5S. The minimum Gasteiger partial charge on any atom is -0.486 e. The molecular weight excluding hydrogens is 492 g/mol. The van der Waals surface area contributed by atoms with Gasteiger partial charge in [-0.3, -0.25) is 4.79 Å². The molecule has 0 spiro atoms. The van der Waals surface area contributed by atoms with E-state index in [9.17, 15) is 13.2 Å². The first-order chi connectivity index (χ1) is 16.7. The van der Waals surface area contributed by atoms with Crippen LogP contribution in [0.5, 0.6) is 5.75 Å². The van der Waals surface area contributed by atoms with Gasteiger partial charge < -0.3 is 14.5 Å². The first-order valence-corrected chi connectivity index (χ1v) is 12.3. The highest BCUT2D eigenvalue weighted by molar-refractivity contribution is 7.92. The topological polar surface area (TPSA) is 123 Å². The van der Waals surface area contributed by atoms with E-state index >= 15 is 0 Å². The van der Waals surface area contributed by atoms with Crippen molar-refractivity contribution in [3.8, 4) is 5.75 Å². The predicted octanol–water partition coefficient (Wildman–Crippen LogP) is 4.97. The van der Waals surface area contributed by atoms with E-state index in [1.807, 2.05) is 0 Å². The van der Waals surface area contributed by atoms with Crippen molar-refractivity contribution in [1.29, 1.82) is 0 Å². The standard InChI is InChI=1S/C24H21ClN4O5S/c1-15-12-16(2)27-24(26-15)29-35(31,32)21-9-6-18(7-10-21)28-23(30)22-11-8-20(34-22)14-33-19-5-3-4-17(25)13-19/h3-13H,14H2,1-2H3,(H,28,30)(H,26,27,29). The Morgan fingerprint density at radius 3 is 2.40 bits per heavy atom. The molecule has 0 atom stereocenters. The number of hydrogen-bond acceptors (Lipinski definition) is 7. The van der Waals surface area contributed by atoms with Crippen molar-refractivity contribution in [2.45, 2.75) is 25.3 Å². The first-order valence-electron chi connectivity index (χ1n) is 10.4. The number of furan rings is 1. The third-order valence-corrected chi connectivity index (χ3v) is 6.27. The molecule has 0 saturated heterocycles. The minimum atomic E-state index is -3.90. The quantitative estimate of drug-likeness (QED) is 0.341. The summed E-state index contributed by atoms with van der Waals surface area (Å²) < 4.78 is 38.8. The van der Waals surface area contributed by atoms with Crippen molar-refractivity contribution in [1.82, 2.24) is 9.97 Å². The van der Waals surface area contributed by atoms with Crippen LogP contribution < -0.4 is 14.8 Å². The maximum atomic E-state index is 12.7. The third kappa shape index (κ3) is 6.37. The number of carbonyl (C=O) groups is 1. The van der Waals surface area contributed by atoms with Gasteiger partial charge in [-0.2, -0.15) is 0 Å². The average Bonchev–Trinajstić information content (AvgIpc) is 3.26. The van der Waals surface area contributed by atoms with Crippen LogP contribution in [0.15, 0.2) is 76.0 Å². The Kier molecular flexibility index (Phi) is 7.04. The van der Waals surface area contributed by atoms with Crippen molar-refractivity contribution in [2.24, 2.45) is 0 Å². The highest BCUT2D eigenvalue weighted by atomic mass is 35.5. The molecule has 35 heavy (non-hydrogen) atoms. The van der Waals surface area contributed by atoms with E-state index in [-0.39, 0.29) is 23.2 Å². The SMILES string of the molecule is Cc1cc(C)nc(NS(=O)(=O)c2ccc(NC(=O)c3ccc(COc4cccc(Cl)c4)o3)cc2)n1. The molecule has 0 aliphatic carbocycles. The van der Waals surface area contributed by atoms with E-state index in [1.54, 1.807) is 50.2 Å². The molecule has 0 aliphatic rings. The van der Waals surface area contributed by atoms with Crippen LogP contribution in [0.1, 0.15) is 27.7 Å². The second-order valence-electron chi connectivity index (χ2n) is 7.57. The van der Waals surface area contributed by atoms with Gasteiger partial charge in [-0.1, -0.05) is 17.7 Å². The fourth-order valence-electron chi connectivity index (χ4n) is 3.15. The number of aromatic nitrogens is 2. The van der Waals surface area contributed by atoms with Crippen molar-refractivity contribution < 1.29 is 22.4 Å². The number of carbonyl (C=O) groups excluding carboxylic acids is 1. The molecule has 4 rings (SSSR count). The minimum absolute atomic E-state index is 0.00305. The summed E-state index contributed by atoms with van der Waals surface area (Å²) in [6, 6.07) is 17.5. The van der Waals surface area contributed by atoms with Gasteiger partial charge in [-0.25, -0.2) is 23.1 Å². The highest BCUT2D eigenvalue weighted by Crippen LogP contribution is 2.20. The number of ether oxygens (including phenoxy) is 1. The normalized spacial score (nSPS) is 11.2. The molecule has 2 heterocycles. The molecule has 2 aromatic heterocycles. The number of amides is 1. The number of sulfonamides is 1. The summed E-state index contributed by atoms with van der Waals surface area (Å²) in [5, 5.41) is 3.22. The summed E-state index contributed by atoms with van der Waals surface area (Å²) in [7, 11) is -3.90. The Hall–Kier alpha value is -3.89. The molecule has 2 N–H and O–H groups in total. The molecule has 0 saturated carbocycles. The number of nitrogens with zero attached hydrogens (tertiary/aromatic N) is 2. The fraction of sp³-hybridized carbons (Fsp3) is 0.125. The number of hydrogen-bond donors (Lipinski definition) is 2. The Labute approximate surface area is 207 Å². The molecule has 0 aliphatic heterocycles. The van der Waals surface area contributed by atoms with Crippen LogP contribution >= 0.6 is 11.6 Å². The predicted molar refractivity (Wildman–Crippen MR) is 131 cm³/mol. The Balaban J connectivity index is 1.37. The van der Waals surface area contributed by atoms with Gasteiger partial charge in [0.2, 0.25) is 5.95 Å². The number of rotatable bonds is 8. The molecule has 0 radical (unpaired) electrons. The lowest BCUT2D eigenvalue weighted by molar-refractivity contribution is 0.0992. The van der Waals surface area contributed by atoms with Gasteiger partial charge in [0.25, 0.3) is 15.9 Å². The van der Waals surface area contributed by atoms with Crippen LogP contribution in [0.4, 0.5) is 11.6 Å². The van der Waals surface area contributed by atoms with Gasteiger partial charge in [0.15, 0.2) is 5.76 Å². The second kappa shape index (κ2) is 10.2. The summed E-state index contributed by atoms with van der Waals surface area (Å²) in [5.74, 6) is 0.619. The summed E-state index contributed by atoms with van der Waals surface area (Å²) in [4.78, 5) is 20.7. The van der Waals surface area contributed by atoms with Gasteiger partial charge in [0.05, 0.1) is 4.90 Å². The molecule has 2 aromatic carbocycles.